The number of hydrogen-bond acceptors (Lipinski definition) is 6. The zero-order chi connectivity index (χ0) is 25.0. The van der Waals surface area contributed by atoms with E-state index < -0.39 is 17.7 Å². The lowest BCUT2D eigenvalue weighted by Gasteiger charge is -2.26. The molecule has 8 nitrogen and oxygen atoms in total. The zero-order valence-electron chi connectivity index (χ0n) is 20.6. The fraction of sp³-hybridized carbons (Fsp3) is 0.385. The van der Waals surface area contributed by atoms with Gasteiger partial charge in [0.05, 0.1) is 59.6 Å². The van der Waals surface area contributed by atoms with E-state index >= 15 is 0 Å². The van der Waals surface area contributed by atoms with Crippen molar-refractivity contribution in [3.8, 4) is 17.2 Å². The van der Waals surface area contributed by atoms with Crippen molar-refractivity contribution in [2.24, 2.45) is 0 Å². The van der Waals surface area contributed by atoms with Crippen molar-refractivity contribution in [2.45, 2.75) is 19.9 Å². The summed E-state index contributed by atoms with van der Waals surface area (Å²) in [6.45, 7) is 5.16. The first kappa shape index (κ1) is 25.1. The number of carbonyl (C=O) groups excluding carboxylic acids is 2. The Morgan fingerprint density at radius 3 is 2.38 bits per heavy atom. The first-order valence-electron chi connectivity index (χ1n) is 11.3. The topological polar surface area (TPSA) is 89.7 Å². The van der Waals surface area contributed by atoms with Gasteiger partial charge >= 0.3 is 0 Å². The molecule has 0 bridgehead atoms. The number of rotatable bonds is 9. The van der Waals surface area contributed by atoms with Crippen LogP contribution in [0.1, 0.15) is 29.7 Å². The normalized spacial score (nSPS) is 17.4. The molecule has 0 aromatic heterocycles. The van der Waals surface area contributed by atoms with E-state index in [9.17, 15) is 14.7 Å². The van der Waals surface area contributed by atoms with Crippen LogP contribution < -0.4 is 19.1 Å². The molecule has 34 heavy (non-hydrogen) atoms. The Balaban J connectivity index is 2.20. The van der Waals surface area contributed by atoms with E-state index in [-0.39, 0.29) is 11.3 Å². The van der Waals surface area contributed by atoms with Gasteiger partial charge in [0.15, 0.2) is 11.5 Å². The van der Waals surface area contributed by atoms with Gasteiger partial charge in [0.25, 0.3) is 11.7 Å². The lowest BCUT2D eigenvalue weighted by atomic mass is 9.93. The number of benzene rings is 2. The molecule has 0 aliphatic carbocycles. The molecule has 1 unspecified atom stereocenters. The molecule has 1 atom stereocenters. The standard InChI is InChI=1S/C26H32N2O6/c1-7-34-20-11-8-17(15-21(20)33-6)23-22(25(30)26(31)28(23)13-12-27(3)4)24(29)19-10-9-18(32-5)14-16(19)2/h8-11,14-15,23,29H,7,12-13H2,1-6H3/p+1. The smallest absolute Gasteiger partial charge is 0.295 e. The number of carbonyl (C=O) groups is 2. The highest BCUT2D eigenvalue weighted by molar-refractivity contribution is 6.46. The molecule has 0 saturated carbocycles. The molecule has 2 N–H and O–H groups in total. The predicted molar refractivity (Wildman–Crippen MR) is 129 cm³/mol. The van der Waals surface area contributed by atoms with Gasteiger partial charge in [-0.1, -0.05) is 6.07 Å². The van der Waals surface area contributed by atoms with Gasteiger partial charge in [0.1, 0.15) is 11.5 Å². The Kier molecular flexibility index (Phi) is 7.83. The fourth-order valence-corrected chi connectivity index (χ4v) is 4.10. The summed E-state index contributed by atoms with van der Waals surface area (Å²) in [6.07, 6.45) is 0. The van der Waals surface area contributed by atoms with Gasteiger partial charge in [-0.3, -0.25) is 9.59 Å². The van der Waals surface area contributed by atoms with Gasteiger partial charge in [-0.15, -0.1) is 0 Å². The van der Waals surface area contributed by atoms with E-state index in [4.69, 9.17) is 14.2 Å². The number of methoxy groups -OCH3 is 2. The second-order valence-corrected chi connectivity index (χ2v) is 8.47. The minimum absolute atomic E-state index is 0.0539. The molecular weight excluding hydrogens is 436 g/mol. The van der Waals surface area contributed by atoms with Crippen LogP contribution in [0.25, 0.3) is 5.76 Å². The lowest BCUT2D eigenvalue weighted by Crippen LogP contribution is -3.06. The summed E-state index contributed by atoms with van der Waals surface area (Å²) in [7, 11) is 7.05. The minimum Gasteiger partial charge on any atom is -0.507 e. The van der Waals surface area contributed by atoms with Gasteiger partial charge in [-0.25, -0.2) is 0 Å². The summed E-state index contributed by atoms with van der Waals surface area (Å²) in [5.41, 5.74) is 1.91. The average Bonchev–Trinajstić information content (AvgIpc) is 3.07. The van der Waals surface area contributed by atoms with E-state index in [1.54, 1.807) is 43.5 Å². The van der Waals surface area contributed by atoms with Crippen LogP contribution in [0.4, 0.5) is 0 Å². The molecule has 2 aromatic carbocycles. The third-order valence-corrected chi connectivity index (χ3v) is 5.88. The monoisotopic (exact) mass is 469 g/mol. The van der Waals surface area contributed by atoms with E-state index in [2.05, 4.69) is 0 Å². The van der Waals surface area contributed by atoms with Gasteiger partial charge in [-0.2, -0.15) is 0 Å². The van der Waals surface area contributed by atoms with E-state index in [0.29, 0.717) is 48.1 Å². The molecule has 1 aliphatic rings. The highest BCUT2D eigenvalue weighted by Crippen LogP contribution is 2.42. The molecule has 1 saturated heterocycles. The number of aliphatic hydroxyl groups excluding tert-OH is 1. The highest BCUT2D eigenvalue weighted by atomic mass is 16.5. The van der Waals surface area contributed by atoms with Crippen molar-refractivity contribution in [2.75, 3.05) is 48.0 Å². The Hall–Kier alpha value is -3.52. The van der Waals surface area contributed by atoms with Gasteiger partial charge in [0.2, 0.25) is 0 Å². The largest absolute Gasteiger partial charge is 0.507 e. The molecule has 3 rings (SSSR count). The fourth-order valence-electron chi connectivity index (χ4n) is 4.10. The summed E-state index contributed by atoms with van der Waals surface area (Å²) in [6, 6.07) is 9.73. The summed E-state index contributed by atoms with van der Waals surface area (Å²) < 4.78 is 16.4. The number of ether oxygens (including phenoxy) is 3. The molecular formula is C26H33N2O6+. The Morgan fingerprint density at radius 2 is 1.79 bits per heavy atom. The van der Waals surface area contributed by atoms with Gasteiger partial charge in [0, 0.05) is 5.56 Å². The number of ketones is 1. The summed E-state index contributed by atoms with van der Waals surface area (Å²) in [5, 5.41) is 11.3. The molecule has 1 aliphatic heterocycles. The first-order valence-corrected chi connectivity index (χ1v) is 11.3. The molecule has 0 spiro atoms. The number of nitrogens with one attached hydrogen (secondary N) is 1. The van der Waals surface area contributed by atoms with Gasteiger partial charge < -0.3 is 29.1 Å². The van der Waals surface area contributed by atoms with E-state index in [1.807, 2.05) is 27.9 Å². The number of nitrogens with zero attached hydrogens (tertiary/aromatic N) is 1. The van der Waals surface area contributed by atoms with Crippen LogP contribution in [0.3, 0.4) is 0 Å². The van der Waals surface area contributed by atoms with E-state index in [1.165, 1.54) is 12.0 Å². The SMILES string of the molecule is CCOc1ccc(C2C(=C(O)c3ccc(OC)cc3C)C(=O)C(=O)N2CC[NH+](C)C)cc1OC. The highest BCUT2D eigenvalue weighted by Gasteiger charge is 2.46. The molecule has 2 aromatic rings. The maximum absolute atomic E-state index is 13.2. The minimum atomic E-state index is -0.759. The van der Waals surface area contributed by atoms with Gasteiger partial charge in [-0.05, 0) is 55.3 Å². The van der Waals surface area contributed by atoms with Crippen molar-refractivity contribution in [3.05, 3.63) is 58.7 Å². The molecule has 1 heterocycles. The maximum Gasteiger partial charge on any atom is 0.295 e. The van der Waals surface area contributed by atoms with Crippen LogP contribution in [-0.4, -0.2) is 69.7 Å². The van der Waals surface area contributed by atoms with Crippen LogP contribution in [0.2, 0.25) is 0 Å². The lowest BCUT2D eigenvalue weighted by molar-refractivity contribution is -0.857. The van der Waals surface area contributed by atoms with Crippen molar-refractivity contribution in [3.63, 3.8) is 0 Å². The average molecular weight is 470 g/mol. The molecule has 0 radical (unpaired) electrons. The zero-order valence-corrected chi connectivity index (χ0v) is 20.6. The number of amides is 1. The summed E-state index contributed by atoms with van der Waals surface area (Å²) in [5.74, 6) is 0.136. The Morgan fingerprint density at radius 1 is 1.06 bits per heavy atom. The van der Waals surface area contributed by atoms with E-state index in [0.717, 1.165) is 10.5 Å². The second-order valence-electron chi connectivity index (χ2n) is 8.47. The van der Waals surface area contributed by atoms with Crippen molar-refractivity contribution < 1.29 is 33.8 Å². The molecule has 8 heteroatoms. The van der Waals surface area contributed by atoms with Crippen LogP contribution in [0.5, 0.6) is 17.2 Å². The predicted octanol–water partition coefficient (Wildman–Crippen LogP) is 1.98. The quantitative estimate of drug-likeness (QED) is 0.332. The number of aryl methyl sites for hydroxylation is 1. The van der Waals surface area contributed by atoms with Crippen LogP contribution >= 0.6 is 0 Å². The molecule has 1 fully saturated rings. The van der Waals surface area contributed by atoms with Crippen LogP contribution in [0.15, 0.2) is 42.0 Å². The Bertz CT molecular complexity index is 1110. The third-order valence-electron chi connectivity index (χ3n) is 5.88. The van der Waals surface area contributed by atoms with Crippen LogP contribution in [0, 0.1) is 6.92 Å². The molecule has 1 amide bonds. The first-order chi connectivity index (χ1) is 16.2. The van der Waals surface area contributed by atoms with Crippen LogP contribution in [-0.2, 0) is 9.59 Å². The van der Waals surface area contributed by atoms with Crippen molar-refractivity contribution >= 4 is 17.4 Å². The maximum atomic E-state index is 13.2. The third kappa shape index (κ3) is 4.87. The number of aliphatic hydroxyl groups is 1. The summed E-state index contributed by atoms with van der Waals surface area (Å²) >= 11 is 0. The summed E-state index contributed by atoms with van der Waals surface area (Å²) in [4.78, 5) is 29.0. The second kappa shape index (κ2) is 10.6. The number of likely N-dealkylation sites (tertiary alicyclic amines) is 1. The molecule has 182 valence electrons. The van der Waals surface area contributed by atoms with Crippen molar-refractivity contribution in [1.82, 2.24) is 4.90 Å². The Labute approximate surface area is 200 Å². The number of Topliss-reactive ketones (excluding diaryl/α,β-unsaturated/α-hetero) is 1. The number of quaternary nitrogens is 1. The van der Waals surface area contributed by atoms with Crippen molar-refractivity contribution in [1.29, 1.82) is 0 Å². The number of likely N-dealkylation sites (N-methyl/N-ethyl adjacent to an activating group) is 1. The number of hydrogen-bond donors (Lipinski definition) is 2.